The number of amides is 1. The molecule has 1 aromatic carbocycles. The second kappa shape index (κ2) is 6.42. The molecule has 0 aliphatic carbocycles. The number of carbonyl (C=O) groups excluding carboxylic acids is 1. The Labute approximate surface area is 98.8 Å². The van der Waals surface area contributed by atoms with E-state index in [4.69, 9.17) is 16.6 Å². The fourth-order valence-electron chi connectivity index (χ4n) is 1.36. The van der Waals surface area contributed by atoms with Crippen molar-refractivity contribution in [2.24, 2.45) is 11.5 Å². The lowest BCUT2D eigenvalue weighted by Crippen LogP contribution is -2.28. The van der Waals surface area contributed by atoms with Crippen molar-refractivity contribution in [3.05, 3.63) is 35.1 Å². The lowest BCUT2D eigenvalue weighted by atomic mass is 10.00. The van der Waals surface area contributed by atoms with Gasteiger partial charge < -0.3 is 16.6 Å². The van der Waals surface area contributed by atoms with Crippen LogP contribution in [0, 0.1) is 5.82 Å². The zero-order valence-electron chi connectivity index (χ0n) is 8.52. The maximum Gasteiger partial charge on any atom is 0.251 e. The topological polar surface area (TPSA) is 89.3 Å². The Kier molecular flexibility index (Phi) is 5.95. The van der Waals surface area contributed by atoms with Crippen molar-refractivity contribution in [3.8, 4) is 0 Å². The predicted molar refractivity (Wildman–Crippen MR) is 60.9 cm³/mol. The Morgan fingerprint density at radius 2 is 2.12 bits per heavy atom. The average Bonchev–Trinajstić information content (AvgIpc) is 2.17. The van der Waals surface area contributed by atoms with Crippen LogP contribution in [0.5, 0.6) is 0 Å². The Morgan fingerprint density at radius 3 is 2.62 bits per heavy atom. The van der Waals surface area contributed by atoms with Crippen LogP contribution >= 0.6 is 12.4 Å². The first-order valence-corrected chi connectivity index (χ1v) is 4.50. The van der Waals surface area contributed by atoms with Gasteiger partial charge in [0.25, 0.3) is 5.91 Å². The van der Waals surface area contributed by atoms with Crippen LogP contribution in [0.1, 0.15) is 15.9 Å². The smallest absolute Gasteiger partial charge is 0.251 e. The van der Waals surface area contributed by atoms with Gasteiger partial charge in [0.05, 0.1) is 12.2 Å². The number of hydrogen-bond donors (Lipinski definition) is 3. The Balaban J connectivity index is 0.00000225. The first kappa shape index (κ1) is 14.8. The summed E-state index contributed by atoms with van der Waals surface area (Å²) in [5.41, 5.74) is 10.8. The first-order valence-electron chi connectivity index (χ1n) is 4.50. The summed E-state index contributed by atoms with van der Waals surface area (Å²) in [5.74, 6) is -1.49. The van der Waals surface area contributed by atoms with Gasteiger partial charge in [0.2, 0.25) is 0 Å². The molecule has 0 spiro atoms. The van der Waals surface area contributed by atoms with Gasteiger partial charge in [0.1, 0.15) is 5.82 Å². The third-order valence-corrected chi connectivity index (χ3v) is 2.06. The van der Waals surface area contributed by atoms with Crippen molar-refractivity contribution in [2.45, 2.75) is 12.5 Å². The summed E-state index contributed by atoms with van der Waals surface area (Å²) < 4.78 is 13.3. The van der Waals surface area contributed by atoms with Crippen LogP contribution < -0.4 is 11.5 Å². The third-order valence-electron chi connectivity index (χ3n) is 2.06. The highest BCUT2D eigenvalue weighted by Gasteiger charge is 2.15. The number of aliphatic hydroxyl groups is 1. The van der Waals surface area contributed by atoms with E-state index < -0.39 is 17.8 Å². The second-order valence-electron chi connectivity index (χ2n) is 3.28. The highest BCUT2D eigenvalue weighted by molar-refractivity contribution is 5.94. The van der Waals surface area contributed by atoms with Crippen molar-refractivity contribution >= 4 is 18.3 Å². The van der Waals surface area contributed by atoms with Crippen LogP contribution in [0.4, 0.5) is 4.39 Å². The van der Waals surface area contributed by atoms with E-state index in [1.807, 2.05) is 0 Å². The maximum atomic E-state index is 13.3. The number of primary amides is 1. The summed E-state index contributed by atoms with van der Waals surface area (Å²) in [4.78, 5) is 11.0. The summed E-state index contributed by atoms with van der Waals surface area (Å²) in [6.45, 7) is -0.227. The van der Waals surface area contributed by atoms with Gasteiger partial charge in [-0.05, 0) is 18.1 Å². The molecule has 1 rings (SSSR count). The third kappa shape index (κ3) is 3.44. The molecule has 0 radical (unpaired) electrons. The second-order valence-corrected chi connectivity index (χ2v) is 3.28. The van der Waals surface area contributed by atoms with E-state index in [-0.39, 0.29) is 31.0 Å². The van der Waals surface area contributed by atoms with Gasteiger partial charge in [-0.1, -0.05) is 12.1 Å². The zero-order chi connectivity index (χ0) is 11.4. The Bertz CT molecular complexity index is 374. The van der Waals surface area contributed by atoms with Gasteiger partial charge in [0.15, 0.2) is 0 Å². The predicted octanol–water partition coefficient (Wildman–Crippen LogP) is 0.209. The maximum absolute atomic E-state index is 13.3. The highest BCUT2D eigenvalue weighted by atomic mass is 35.5. The molecule has 6 heteroatoms. The molecular formula is C10H14ClFN2O2. The van der Waals surface area contributed by atoms with Gasteiger partial charge in [-0.15, -0.1) is 12.4 Å². The van der Waals surface area contributed by atoms with Crippen LogP contribution in [0.25, 0.3) is 0 Å². The molecule has 0 aliphatic rings. The van der Waals surface area contributed by atoms with E-state index in [0.29, 0.717) is 5.56 Å². The number of benzene rings is 1. The fourth-order valence-corrected chi connectivity index (χ4v) is 1.36. The van der Waals surface area contributed by atoms with Crippen molar-refractivity contribution in [1.82, 2.24) is 0 Å². The molecule has 16 heavy (non-hydrogen) atoms. The monoisotopic (exact) mass is 248 g/mol. The molecule has 0 aromatic heterocycles. The quantitative estimate of drug-likeness (QED) is 0.712. The lowest BCUT2D eigenvalue weighted by Gasteiger charge is -2.11. The lowest BCUT2D eigenvalue weighted by molar-refractivity contribution is 0.0995. The minimum Gasteiger partial charge on any atom is -0.395 e. The summed E-state index contributed by atoms with van der Waals surface area (Å²) in [5, 5.41) is 8.76. The SMILES string of the molecule is Cl.NC(=O)c1c(F)cccc1CC(N)CO. The number of carbonyl (C=O) groups is 1. The fraction of sp³-hybridized carbons (Fsp3) is 0.300. The van der Waals surface area contributed by atoms with Crippen molar-refractivity contribution < 1.29 is 14.3 Å². The standard InChI is InChI=1S/C10H13FN2O2.ClH/c11-8-3-1-2-6(4-7(12)5-14)9(8)10(13)15;/h1-3,7,14H,4-5,12H2,(H2,13,15);1H. The molecule has 0 heterocycles. The zero-order valence-corrected chi connectivity index (χ0v) is 9.34. The van der Waals surface area contributed by atoms with Crippen LogP contribution in [0.2, 0.25) is 0 Å². The minimum atomic E-state index is -0.826. The van der Waals surface area contributed by atoms with Crippen molar-refractivity contribution in [1.29, 1.82) is 0 Å². The molecule has 1 atom stereocenters. The number of hydrogen-bond acceptors (Lipinski definition) is 3. The summed E-state index contributed by atoms with van der Waals surface area (Å²) in [6.07, 6.45) is 0.215. The normalized spacial score (nSPS) is 11.7. The van der Waals surface area contributed by atoms with Crippen LogP contribution in [-0.4, -0.2) is 23.7 Å². The average molecular weight is 249 g/mol. The number of halogens is 2. The van der Waals surface area contributed by atoms with E-state index in [2.05, 4.69) is 0 Å². The van der Waals surface area contributed by atoms with Crippen LogP contribution in [0.15, 0.2) is 18.2 Å². The molecule has 0 fully saturated rings. The highest BCUT2D eigenvalue weighted by Crippen LogP contribution is 2.14. The van der Waals surface area contributed by atoms with E-state index in [1.54, 1.807) is 6.07 Å². The molecule has 1 aromatic rings. The largest absolute Gasteiger partial charge is 0.395 e. The molecule has 0 aliphatic heterocycles. The van der Waals surface area contributed by atoms with Gasteiger partial charge >= 0.3 is 0 Å². The molecule has 0 saturated heterocycles. The molecule has 5 N–H and O–H groups in total. The molecule has 90 valence electrons. The van der Waals surface area contributed by atoms with E-state index >= 15 is 0 Å². The number of aliphatic hydroxyl groups excluding tert-OH is 1. The van der Waals surface area contributed by atoms with E-state index in [9.17, 15) is 9.18 Å². The molecule has 1 amide bonds. The van der Waals surface area contributed by atoms with Crippen molar-refractivity contribution in [2.75, 3.05) is 6.61 Å². The summed E-state index contributed by atoms with van der Waals surface area (Å²) in [7, 11) is 0. The number of nitrogens with two attached hydrogens (primary N) is 2. The van der Waals surface area contributed by atoms with Gasteiger partial charge in [-0.2, -0.15) is 0 Å². The van der Waals surface area contributed by atoms with E-state index in [0.717, 1.165) is 6.07 Å². The Morgan fingerprint density at radius 1 is 1.50 bits per heavy atom. The van der Waals surface area contributed by atoms with Gasteiger partial charge in [0, 0.05) is 6.04 Å². The Hall–Kier alpha value is -1.17. The first-order chi connectivity index (χ1) is 7.06. The molecule has 1 unspecified atom stereocenters. The molecule has 4 nitrogen and oxygen atoms in total. The van der Waals surface area contributed by atoms with Crippen LogP contribution in [-0.2, 0) is 6.42 Å². The minimum absolute atomic E-state index is 0. The summed E-state index contributed by atoms with van der Waals surface area (Å²) in [6, 6.07) is 3.68. The van der Waals surface area contributed by atoms with Gasteiger partial charge in [-0.25, -0.2) is 4.39 Å². The van der Waals surface area contributed by atoms with Crippen LogP contribution in [0.3, 0.4) is 0 Å². The molecule has 0 bridgehead atoms. The van der Waals surface area contributed by atoms with Crippen molar-refractivity contribution in [3.63, 3.8) is 0 Å². The van der Waals surface area contributed by atoms with Gasteiger partial charge in [-0.3, -0.25) is 4.79 Å². The molecule has 0 saturated carbocycles. The summed E-state index contributed by atoms with van der Waals surface area (Å²) >= 11 is 0. The molecular weight excluding hydrogens is 235 g/mol. The van der Waals surface area contributed by atoms with E-state index in [1.165, 1.54) is 6.07 Å². The number of rotatable bonds is 4.